The molecule has 0 saturated carbocycles. The predicted molar refractivity (Wildman–Crippen MR) is 87.9 cm³/mol. The van der Waals surface area contributed by atoms with Gasteiger partial charge >= 0.3 is 5.97 Å². The van der Waals surface area contributed by atoms with Crippen LogP contribution in [0.2, 0.25) is 0 Å². The number of carboxylic acid groups (broad SMARTS) is 1. The highest BCUT2D eigenvalue weighted by Crippen LogP contribution is 2.32. The van der Waals surface area contributed by atoms with E-state index in [1.165, 1.54) is 12.1 Å². The summed E-state index contributed by atoms with van der Waals surface area (Å²) in [6, 6.07) is 12.1. The molecule has 6 heteroatoms. The fraction of sp³-hybridized carbons (Fsp3) is 0.222. The molecule has 6 nitrogen and oxygen atoms in total. The standard InChI is InChI=1S/C18H17NO5/c1-12-3-2-4-14(9-12)23-8-7-19-15-6-5-13(18(21)22)10-16(15)24-11-17(19)20/h2-6,9-10H,7-8,11H2,1H3,(H,21,22). The molecule has 24 heavy (non-hydrogen) atoms. The zero-order chi connectivity index (χ0) is 17.1. The summed E-state index contributed by atoms with van der Waals surface area (Å²) in [7, 11) is 0. The number of carbonyl (C=O) groups is 2. The average Bonchev–Trinajstić information content (AvgIpc) is 2.56. The normalized spacial score (nSPS) is 13.2. The Morgan fingerprint density at radius 2 is 2.12 bits per heavy atom. The maximum Gasteiger partial charge on any atom is 0.335 e. The van der Waals surface area contributed by atoms with Gasteiger partial charge < -0.3 is 19.5 Å². The van der Waals surface area contributed by atoms with E-state index >= 15 is 0 Å². The van der Waals surface area contributed by atoms with Crippen molar-refractivity contribution in [3.8, 4) is 11.5 Å². The van der Waals surface area contributed by atoms with Crippen molar-refractivity contribution in [1.82, 2.24) is 0 Å². The van der Waals surface area contributed by atoms with Gasteiger partial charge in [-0.25, -0.2) is 4.79 Å². The van der Waals surface area contributed by atoms with Crippen molar-refractivity contribution >= 4 is 17.6 Å². The number of benzene rings is 2. The van der Waals surface area contributed by atoms with E-state index in [-0.39, 0.29) is 18.1 Å². The molecule has 2 aromatic carbocycles. The van der Waals surface area contributed by atoms with E-state index in [4.69, 9.17) is 14.6 Å². The summed E-state index contributed by atoms with van der Waals surface area (Å²) in [5, 5.41) is 9.04. The number of carboxylic acids is 1. The number of hydrogen-bond acceptors (Lipinski definition) is 4. The quantitative estimate of drug-likeness (QED) is 0.913. The molecule has 1 aliphatic heterocycles. The van der Waals surface area contributed by atoms with Gasteiger partial charge in [0.15, 0.2) is 6.61 Å². The number of carbonyl (C=O) groups excluding carboxylic acids is 1. The molecule has 0 unspecified atom stereocenters. The number of rotatable bonds is 5. The SMILES string of the molecule is Cc1cccc(OCCN2C(=O)COc3cc(C(=O)O)ccc32)c1. The monoisotopic (exact) mass is 327 g/mol. The summed E-state index contributed by atoms with van der Waals surface area (Å²) in [4.78, 5) is 24.7. The summed E-state index contributed by atoms with van der Waals surface area (Å²) < 4.78 is 11.0. The molecule has 0 bridgehead atoms. The van der Waals surface area contributed by atoms with Crippen molar-refractivity contribution in [2.45, 2.75) is 6.92 Å². The molecule has 3 rings (SSSR count). The Hall–Kier alpha value is -3.02. The molecule has 1 aliphatic rings. The summed E-state index contributed by atoms with van der Waals surface area (Å²) in [5.41, 5.74) is 1.78. The van der Waals surface area contributed by atoms with Crippen LogP contribution in [0.25, 0.3) is 0 Å². The Morgan fingerprint density at radius 1 is 1.29 bits per heavy atom. The predicted octanol–water partition coefficient (Wildman–Crippen LogP) is 2.50. The van der Waals surface area contributed by atoms with Crippen LogP contribution < -0.4 is 14.4 Å². The highest BCUT2D eigenvalue weighted by atomic mass is 16.5. The molecule has 0 spiro atoms. The largest absolute Gasteiger partial charge is 0.492 e. The number of aryl methyl sites for hydroxylation is 1. The molecular weight excluding hydrogens is 310 g/mol. The van der Waals surface area contributed by atoms with Crippen LogP contribution in [0.4, 0.5) is 5.69 Å². The van der Waals surface area contributed by atoms with E-state index in [0.717, 1.165) is 11.3 Å². The van der Waals surface area contributed by atoms with Gasteiger partial charge in [-0.1, -0.05) is 12.1 Å². The van der Waals surface area contributed by atoms with E-state index < -0.39 is 5.97 Å². The van der Waals surface area contributed by atoms with Crippen LogP contribution in [0.1, 0.15) is 15.9 Å². The van der Waals surface area contributed by atoms with E-state index in [2.05, 4.69) is 0 Å². The molecule has 1 amide bonds. The van der Waals surface area contributed by atoms with Crippen LogP contribution in [-0.2, 0) is 4.79 Å². The molecular formula is C18H17NO5. The molecule has 1 N–H and O–H groups in total. The fourth-order valence-electron chi connectivity index (χ4n) is 2.54. The molecule has 0 fully saturated rings. The third-order valence-electron chi connectivity index (χ3n) is 3.72. The molecule has 0 aliphatic carbocycles. The lowest BCUT2D eigenvalue weighted by Crippen LogP contribution is -2.41. The van der Waals surface area contributed by atoms with Crippen molar-refractivity contribution in [1.29, 1.82) is 0 Å². The van der Waals surface area contributed by atoms with Gasteiger partial charge in [-0.2, -0.15) is 0 Å². The average molecular weight is 327 g/mol. The van der Waals surface area contributed by atoms with Crippen LogP contribution >= 0.6 is 0 Å². The van der Waals surface area contributed by atoms with Gasteiger partial charge in [0.25, 0.3) is 5.91 Å². The third kappa shape index (κ3) is 3.32. The molecule has 124 valence electrons. The van der Waals surface area contributed by atoms with Gasteiger partial charge in [0, 0.05) is 0 Å². The highest BCUT2D eigenvalue weighted by molar-refractivity contribution is 5.99. The van der Waals surface area contributed by atoms with Gasteiger partial charge in [0.2, 0.25) is 0 Å². The Labute approximate surface area is 139 Å². The second kappa shape index (κ2) is 6.62. The third-order valence-corrected chi connectivity index (χ3v) is 3.72. The second-order valence-electron chi connectivity index (χ2n) is 5.49. The van der Waals surface area contributed by atoms with E-state index in [1.54, 1.807) is 11.0 Å². The Balaban J connectivity index is 1.72. The minimum Gasteiger partial charge on any atom is -0.492 e. The molecule has 0 saturated heterocycles. The second-order valence-corrected chi connectivity index (χ2v) is 5.49. The molecule has 0 radical (unpaired) electrons. The van der Waals surface area contributed by atoms with E-state index in [1.807, 2.05) is 31.2 Å². The first-order valence-electron chi connectivity index (χ1n) is 7.54. The van der Waals surface area contributed by atoms with Crippen LogP contribution in [0.5, 0.6) is 11.5 Å². The lowest BCUT2D eigenvalue weighted by atomic mass is 10.1. The van der Waals surface area contributed by atoms with Gasteiger partial charge in [0.1, 0.15) is 18.1 Å². The smallest absolute Gasteiger partial charge is 0.335 e. The summed E-state index contributed by atoms with van der Waals surface area (Å²) in [6.07, 6.45) is 0. The minimum atomic E-state index is -1.03. The zero-order valence-corrected chi connectivity index (χ0v) is 13.2. The first kappa shape index (κ1) is 15.9. The van der Waals surface area contributed by atoms with Gasteiger partial charge in [-0.05, 0) is 42.8 Å². The number of aromatic carboxylic acids is 1. The number of ether oxygens (including phenoxy) is 2. The maximum absolute atomic E-state index is 12.1. The molecule has 0 atom stereocenters. The maximum atomic E-state index is 12.1. The number of nitrogens with zero attached hydrogens (tertiary/aromatic N) is 1. The van der Waals surface area contributed by atoms with Gasteiger partial charge in [-0.3, -0.25) is 4.79 Å². The molecule has 2 aromatic rings. The van der Waals surface area contributed by atoms with Crippen LogP contribution in [0, 0.1) is 6.92 Å². The van der Waals surface area contributed by atoms with Gasteiger partial charge in [-0.15, -0.1) is 0 Å². The zero-order valence-electron chi connectivity index (χ0n) is 13.2. The number of fused-ring (bicyclic) bond motifs is 1. The minimum absolute atomic E-state index is 0.111. The molecule has 0 aromatic heterocycles. The summed E-state index contributed by atoms with van der Waals surface area (Å²) in [6.45, 7) is 2.56. The van der Waals surface area contributed by atoms with Crippen molar-refractivity contribution in [3.63, 3.8) is 0 Å². The van der Waals surface area contributed by atoms with E-state index in [0.29, 0.717) is 24.6 Å². The summed E-state index contributed by atoms with van der Waals surface area (Å²) >= 11 is 0. The number of anilines is 1. The Morgan fingerprint density at radius 3 is 2.88 bits per heavy atom. The first-order chi connectivity index (χ1) is 11.5. The lowest BCUT2D eigenvalue weighted by molar-refractivity contribution is -0.121. The van der Waals surface area contributed by atoms with Crippen molar-refractivity contribution in [3.05, 3.63) is 53.6 Å². The highest BCUT2D eigenvalue weighted by Gasteiger charge is 2.26. The van der Waals surface area contributed by atoms with Crippen molar-refractivity contribution in [2.24, 2.45) is 0 Å². The summed E-state index contributed by atoms with van der Waals surface area (Å²) in [5.74, 6) is -0.0757. The Kier molecular flexibility index (Phi) is 4.37. The Bertz CT molecular complexity index is 787. The number of amides is 1. The van der Waals surface area contributed by atoms with Gasteiger partial charge in [0.05, 0.1) is 17.8 Å². The van der Waals surface area contributed by atoms with Crippen LogP contribution in [-0.4, -0.2) is 36.7 Å². The van der Waals surface area contributed by atoms with Crippen LogP contribution in [0.3, 0.4) is 0 Å². The first-order valence-corrected chi connectivity index (χ1v) is 7.54. The van der Waals surface area contributed by atoms with E-state index in [9.17, 15) is 9.59 Å². The lowest BCUT2D eigenvalue weighted by Gasteiger charge is -2.29. The molecule has 1 heterocycles. The fourth-order valence-corrected chi connectivity index (χ4v) is 2.54. The van der Waals surface area contributed by atoms with Crippen LogP contribution in [0.15, 0.2) is 42.5 Å². The topological polar surface area (TPSA) is 76.1 Å². The van der Waals surface area contributed by atoms with Crippen molar-refractivity contribution < 1.29 is 24.2 Å². The number of hydrogen-bond donors (Lipinski definition) is 1. The van der Waals surface area contributed by atoms with Crippen molar-refractivity contribution in [2.75, 3.05) is 24.7 Å².